The summed E-state index contributed by atoms with van der Waals surface area (Å²) >= 11 is 0. The zero-order valence-corrected chi connectivity index (χ0v) is 16.8. The summed E-state index contributed by atoms with van der Waals surface area (Å²) in [6, 6.07) is 17.0. The number of hydrogen-bond acceptors (Lipinski definition) is 6. The molecule has 3 aromatic rings. The number of methoxy groups -OCH3 is 1. The van der Waals surface area contributed by atoms with Crippen LogP contribution in [0.2, 0.25) is 0 Å². The van der Waals surface area contributed by atoms with Crippen LogP contribution >= 0.6 is 0 Å². The number of hydrogen-bond donors (Lipinski definition) is 3. The standard InChI is InChI=1S/C22H25N5O2/c1-4-5-21(28)25-17-6-8-18(9-7-17)26-22-23-15(2)14-20(27-22)24-16-10-12-19(29-3)13-11-16/h6-14H,4-5H2,1-3H3,(H,25,28)(H2,23,24,26,27). The van der Waals surface area contributed by atoms with Crippen molar-refractivity contribution in [2.45, 2.75) is 26.7 Å². The Bertz CT molecular complexity index is 956. The molecule has 29 heavy (non-hydrogen) atoms. The van der Waals surface area contributed by atoms with Gasteiger partial charge in [0.25, 0.3) is 0 Å². The first-order chi connectivity index (χ1) is 14.1. The van der Waals surface area contributed by atoms with Crippen LogP contribution in [-0.4, -0.2) is 23.0 Å². The van der Waals surface area contributed by atoms with Gasteiger partial charge in [0.05, 0.1) is 7.11 Å². The van der Waals surface area contributed by atoms with Crippen molar-refractivity contribution in [3.8, 4) is 5.75 Å². The topological polar surface area (TPSA) is 88.2 Å². The second-order valence-corrected chi connectivity index (χ2v) is 6.57. The first-order valence-electron chi connectivity index (χ1n) is 9.49. The van der Waals surface area contributed by atoms with E-state index in [1.165, 1.54) is 0 Å². The SMILES string of the molecule is CCCC(=O)Nc1ccc(Nc2nc(C)cc(Nc3ccc(OC)cc3)n2)cc1. The fraction of sp³-hybridized carbons (Fsp3) is 0.227. The van der Waals surface area contributed by atoms with Crippen molar-refractivity contribution in [2.24, 2.45) is 0 Å². The highest BCUT2D eigenvalue weighted by Crippen LogP contribution is 2.22. The van der Waals surface area contributed by atoms with Gasteiger partial charge in [0.1, 0.15) is 11.6 Å². The molecule has 0 fully saturated rings. The number of amides is 1. The number of aryl methyl sites for hydroxylation is 1. The van der Waals surface area contributed by atoms with Crippen molar-refractivity contribution < 1.29 is 9.53 Å². The summed E-state index contributed by atoms with van der Waals surface area (Å²) in [6.45, 7) is 3.89. The van der Waals surface area contributed by atoms with Gasteiger partial charge in [-0.05, 0) is 61.9 Å². The zero-order chi connectivity index (χ0) is 20.6. The fourth-order valence-electron chi connectivity index (χ4n) is 2.73. The minimum atomic E-state index is 0.0180. The first-order valence-corrected chi connectivity index (χ1v) is 9.49. The lowest BCUT2D eigenvalue weighted by Crippen LogP contribution is -2.10. The molecule has 3 rings (SSSR count). The van der Waals surface area contributed by atoms with Crippen LogP contribution in [0.25, 0.3) is 0 Å². The van der Waals surface area contributed by atoms with Crippen LogP contribution in [0.3, 0.4) is 0 Å². The maximum Gasteiger partial charge on any atom is 0.229 e. The van der Waals surface area contributed by atoms with E-state index < -0.39 is 0 Å². The predicted octanol–water partition coefficient (Wildman–Crippen LogP) is 5.02. The number of aromatic nitrogens is 2. The lowest BCUT2D eigenvalue weighted by molar-refractivity contribution is -0.116. The number of anilines is 5. The molecule has 2 aromatic carbocycles. The number of nitrogens with zero attached hydrogens (tertiary/aromatic N) is 2. The number of carbonyl (C=O) groups is 1. The third-order valence-corrected chi connectivity index (χ3v) is 4.12. The van der Waals surface area contributed by atoms with Gasteiger partial charge in [-0.3, -0.25) is 4.79 Å². The van der Waals surface area contributed by atoms with Crippen LogP contribution in [0.5, 0.6) is 5.75 Å². The summed E-state index contributed by atoms with van der Waals surface area (Å²) < 4.78 is 5.18. The summed E-state index contributed by atoms with van der Waals surface area (Å²) in [4.78, 5) is 20.7. The van der Waals surface area contributed by atoms with E-state index in [2.05, 4.69) is 25.9 Å². The van der Waals surface area contributed by atoms with Gasteiger partial charge in [0.15, 0.2) is 0 Å². The van der Waals surface area contributed by atoms with E-state index in [1.807, 2.05) is 68.4 Å². The molecule has 7 heteroatoms. The van der Waals surface area contributed by atoms with Crippen molar-refractivity contribution >= 4 is 34.7 Å². The Morgan fingerprint density at radius 3 is 2.21 bits per heavy atom. The normalized spacial score (nSPS) is 10.3. The van der Waals surface area contributed by atoms with E-state index in [0.29, 0.717) is 18.2 Å². The minimum absolute atomic E-state index is 0.0180. The van der Waals surface area contributed by atoms with Crippen LogP contribution in [0, 0.1) is 6.92 Å². The lowest BCUT2D eigenvalue weighted by atomic mass is 10.2. The van der Waals surface area contributed by atoms with Gasteiger partial charge in [0.2, 0.25) is 11.9 Å². The van der Waals surface area contributed by atoms with E-state index in [9.17, 15) is 4.79 Å². The van der Waals surface area contributed by atoms with E-state index in [-0.39, 0.29) is 5.91 Å². The number of rotatable bonds is 8. The molecular weight excluding hydrogens is 366 g/mol. The number of nitrogens with one attached hydrogen (secondary N) is 3. The highest BCUT2D eigenvalue weighted by molar-refractivity contribution is 5.90. The quantitative estimate of drug-likeness (QED) is 0.500. The molecule has 1 heterocycles. The summed E-state index contributed by atoms with van der Waals surface area (Å²) in [7, 11) is 1.64. The summed E-state index contributed by atoms with van der Waals surface area (Å²) in [5.74, 6) is 1.99. The Hall–Kier alpha value is -3.61. The molecule has 0 saturated carbocycles. The van der Waals surface area contributed by atoms with Crippen molar-refractivity contribution in [3.05, 3.63) is 60.3 Å². The van der Waals surface area contributed by atoms with Gasteiger partial charge in [-0.15, -0.1) is 0 Å². The van der Waals surface area contributed by atoms with Crippen LogP contribution in [0.15, 0.2) is 54.6 Å². The Morgan fingerprint density at radius 1 is 0.931 bits per heavy atom. The second kappa shape index (κ2) is 9.54. The molecule has 1 aromatic heterocycles. The smallest absolute Gasteiger partial charge is 0.229 e. The Labute approximate surface area is 170 Å². The average molecular weight is 391 g/mol. The highest BCUT2D eigenvalue weighted by Gasteiger charge is 2.05. The number of carbonyl (C=O) groups excluding carboxylic acids is 1. The van der Waals surface area contributed by atoms with Gasteiger partial charge < -0.3 is 20.7 Å². The molecule has 0 bridgehead atoms. The lowest BCUT2D eigenvalue weighted by Gasteiger charge is -2.11. The molecule has 1 amide bonds. The Morgan fingerprint density at radius 2 is 1.55 bits per heavy atom. The minimum Gasteiger partial charge on any atom is -0.497 e. The van der Waals surface area contributed by atoms with Gasteiger partial charge in [0, 0.05) is 35.2 Å². The maximum absolute atomic E-state index is 11.7. The first kappa shape index (κ1) is 20.1. The molecular formula is C22H25N5O2. The molecule has 0 aliphatic heterocycles. The summed E-state index contributed by atoms with van der Waals surface area (Å²) in [5.41, 5.74) is 3.34. The third-order valence-electron chi connectivity index (χ3n) is 4.12. The second-order valence-electron chi connectivity index (χ2n) is 6.57. The van der Waals surface area contributed by atoms with Gasteiger partial charge in [-0.2, -0.15) is 4.98 Å². The van der Waals surface area contributed by atoms with E-state index in [1.54, 1.807) is 7.11 Å². The third kappa shape index (κ3) is 5.93. The molecule has 0 aliphatic carbocycles. The van der Waals surface area contributed by atoms with Gasteiger partial charge in [-0.1, -0.05) is 6.92 Å². The molecule has 0 radical (unpaired) electrons. The Balaban J connectivity index is 1.68. The van der Waals surface area contributed by atoms with Crippen LogP contribution in [0.4, 0.5) is 28.8 Å². The molecule has 7 nitrogen and oxygen atoms in total. The van der Waals surface area contributed by atoms with Crippen LogP contribution in [0.1, 0.15) is 25.5 Å². The van der Waals surface area contributed by atoms with Gasteiger partial charge in [-0.25, -0.2) is 4.98 Å². The summed E-state index contributed by atoms with van der Waals surface area (Å²) in [6.07, 6.45) is 1.34. The van der Waals surface area contributed by atoms with Crippen molar-refractivity contribution in [1.82, 2.24) is 9.97 Å². The highest BCUT2D eigenvalue weighted by atomic mass is 16.5. The Kier molecular flexibility index (Phi) is 6.63. The summed E-state index contributed by atoms with van der Waals surface area (Å²) in [5, 5.41) is 9.34. The molecule has 3 N–H and O–H groups in total. The molecule has 0 saturated heterocycles. The number of ether oxygens (including phenoxy) is 1. The molecule has 0 aliphatic rings. The zero-order valence-electron chi connectivity index (χ0n) is 16.8. The van der Waals surface area contributed by atoms with Crippen LogP contribution in [-0.2, 0) is 4.79 Å². The average Bonchev–Trinajstić information content (AvgIpc) is 2.70. The van der Waals surface area contributed by atoms with Crippen molar-refractivity contribution in [1.29, 1.82) is 0 Å². The van der Waals surface area contributed by atoms with Gasteiger partial charge >= 0.3 is 0 Å². The van der Waals surface area contributed by atoms with E-state index in [4.69, 9.17) is 4.74 Å². The number of benzene rings is 2. The molecule has 150 valence electrons. The van der Waals surface area contributed by atoms with E-state index in [0.717, 1.165) is 34.9 Å². The van der Waals surface area contributed by atoms with Crippen LogP contribution < -0.4 is 20.7 Å². The molecule has 0 unspecified atom stereocenters. The molecule has 0 spiro atoms. The largest absolute Gasteiger partial charge is 0.497 e. The fourth-order valence-corrected chi connectivity index (χ4v) is 2.73. The monoisotopic (exact) mass is 391 g/mol. The van der Waals surface area contributed by atoms with E-state index >= 15 is 0 Å². The van der Waals surface area contributed by atoms with Crippen molar-refractivity contribution in [3.63, 3.8) is 0 Å². The molecule has 0 atom stereocenters. The van der Waals surface area contributed by atoms with Crippen molar-refractivity contribution in [2.75, 3.05) is 23.1 Å². The predicted molar refractivity (Wildman–Crippen MR) is 116 cm³/mol. The maximum atomic E-state index is 11.7.